The lowest BCUT2D eigenvalue weighted by Crippen LogP contribution is -2.11. The minimum Gasteiger partial charge on any atom is -0.393 e. The molecule has 3 heteroatoms. The van der Waals surface area contributed by atoms with Crippen LogP contribution in [-0.2, 0) is 6.42 Å². The van der Waals surface area contributed by atoms with E-state index in [0.717, 1.165) is 22.2 Å². The summed E-state index contributed by atoms with van der Waals surface area (Å²) in [6.45, 7) is 1.98. The number of nitrogens with zero attached hydrogens (tertiary/aromatic N) is 1. The zero-order valence-corrected chi connectivity index (χ0v) is 9.34. The molecule has 0 amide bonds. The van der Waals surface area contributed by atoms with E-state index in [0.29, 0.717) is 11.4 Å². The Morgan fingerprint density at radius 2 is 2.13 bits per heavy atom. The minimum absolute atomic E-state index is 0.519. The molecule has 15 heavy (non-hydrogen) atoms. The molecule has 1 aromatic carbocycles. The molecule has 0 saturated heterocycles. The van der Waals surface area contributed by atoms with Crippen molar-refractivity contribution in [3.63, 3.8) is 0 Å². The molecule has 1 heterocycles. The maximum absolute atomic E-state index is 5.58. The quantitative estimate of drug-likeness (QED) is 0.783. The van der Waals surface area contributed by atoms with Gasteiger partial charge in [-0.1, -0.05) is 30.4 Å². The molecular weight excluding hydrogens is 204 g/mol. The number of nitrogens with two attached hydrogens (primary N) is 1. The smallest absolute Gasteiger partial charge is 0.0772 e. The summed E-state index contributed by atoms with van der Waals surface area (Å²) in [5.74, 6) is 0. The molecule has 0 aliphatic carbocycles. The van der Waals surface area contributed by atoms with Crippen molar-refractivity contribution in [2.24, 2.45) is 5.73 Å². The fraction of sp³-hybridized carbons (Fsp3) is 0.167. The summed E-state index contributed by atoms with van der Waals surface area (Å²) in [5.41, 5.74) is 8.74. The Morgan fingerprint density at radius 3 is 2.87 bits per heavy atom. The van der Waals surface area contributed by atoms with E-state index in [2.05, 4.69) is 11.1 Å². The van der Waals surface area contributed by atoms with Gasteiger partial charge in [0.15, 0.2) is 0 Å². The van der Waals surface area contributed by atoms with Crippen molar-refractivity contribution in [3.8, 4) is 0 Å². The first kappa shape index (κ1) is 10.1. The summed E-state index contributed by atoms with van der Waals surface area (Å²) in [6, 6.07) is 10.1. The Morgan fingerprint density at radius 1 is 1.40 bits per heavy atom. The van der Waals surface area contributed by atoms with E-state index in [1.54, 1.807) is 0 Å². The molecule has 0 saturated carbocycles. The fourth-order valence-electron chi connectivity index (χ4n) is 1.73. The monoisotopic (exact) mass is 216 g/mol. The Labute approximate surface area is 94.1 Å². The molecule has 2 N–H and O–H groups in total. The number of thiocarbonyl (C=S) groups is 1. The van der Waals surface area contributed by atoms with E-state index in [-0.39, 0.29) is 0 Å². The van der Waals surface area contributed by atoms with Crippen LogP contribution < -0.4 is 5.73 Å². The Hall–Kier alpha value is -1.48. The summed E-state index contributed by atoms with van der Waals surface area (Å²) in [6.07, 6.45) is 0.638. The molecule has 0 aliphatic heterocycles. The number of benzene rings is 1. The number of fused-ring (bicyclic) bond motifs is 1. The maximum atomic E-state index is 5.58. The average Bonchev–Trinajstić information content (AvgIpc) is 2.16. The number of aryl methyl sites for hydroxylation is 1. The fourth-order valence-corrected chi connectivity index (χ4v) is 1.88. The van der Waals surface area contributed by atoms with E-state index in [4.69, 9.17) is 18.0 Å². The van der Waals surface area contributed by atoms with Crippen molar-refractivity contribution in [1.82, 2.24) is 4.98 Å². The van der Waals surface area contributed by atoms with Gasteiger partial charge in [0.25, 0.3) is 0 Å². The van der Waals surface area contributed by atoms with Gasteiger partial charge in [-0.3, -0.25) is 4.98 Å². The molecule has 76 valence electrons. The number of para-hydroxylation sites is 1. The van der Waals surface area contributed by atoms with Crippen molar-refractivity contribution in [1.29, 1.82) is 0 Å². The normalized spacial score (nSPS) is 10.5. The van der Waals surface area contributed by atoms with Gasteiger partial charge in [0.05, 0.1) is 10.5 Å². The molecule has 0 bridgehead atoms. The van der Waals surface area contributed by atoms with Crippen LogP contribution in [0.1, 0.15) is 11.3 Å². The third-order valence-electron chi connectivity index (χ3n) is 2.29. The summed E-state index contributed by atoms with van der Waals surface area (Å²) in [5, 5.41) is 1.14. The molecule has 0 spiro atoms. The van der Waals surface area contributed by atoms with Crippen LogP contribution in [0.5, 0.6) is 0 Å². The van der Waals surface area contributed by atoms with Gasteiger partial charge >= 0.3 is 0 Å². The number of pyridine rings is 1. The van der Waals surface area contributed by atoms with E-state index in [1.807, 2.05) is 31.2 Å². The van der Waals surface area contributed by atoms with Gasteiger partial charge < -0.3 is 5.73 Å². The van der Waals surface area contributed by atoms with Crippen molar-refractivity contribution in [3.05, 3.63) is 41.6 Å². The van der Waals surface area contributed by atoms with Crippen LogP contribution in [0.2, 0.25) is 0 Å². The van der Waals surface area contributed by atoms with Crippen LogP contribution in [0.3, 0.4) is 0 Å². The van der Waals surface area contributed by atoms with E-state index in [9.17, 15) is 0 Å². The second-order valence-corrected chi connectivity index (χ2v) is 4.11. The predicted molar refractivity (Wildman–Crippen MR) is 67.0 cm³/mol. The number of hydrogen-bond acceptors (Lipinski definition) is 2. The van der Waals surface area contributed by atoms with Gasteiger partial charge in [-0.25, -0.2) is 0 Å². The molecule has 1 aromatic heterocycles. The highest BCUT2D eigenvalue weighted by Gasteiger charge is 2.04. The summed E-state index contributed by atoms with van der Waals surface area (Å²) in [7, 11) is 0. The Bertz CT molecular complexity index is 520. The van der Waals surface area contributed by atoms with Crippen LogP contribution in [0.4, 0.5) is 0 Å². The number of rotatable bonds is 2. The summed E-state index contributed by atoms with van der Waals surface area (Å²) < 4.78 is 0. The molecule has 2 aromatic rings. The number of aromatic nitrogens is 1. The summed E-state index contributed by atoms with van der Waals surface area (Å²) in [4.78, 5) is 4.98. The van der Waals surface area contributed by atoms with Crippen LogP contribution in [0.25, 0.3) is 10.9 Å². The largest absolute Gasteiger partial charge is 0.393 e. The van der Waals surface area contributed by atoms with E-state index < -0.39 is 0 Å². The lowest BCUT2D eigenvalue weighted by molar-refractivity contribution is 1.21. The zero-order chi connectivity index (χ0) is 10.8. The van der Waals surface area contributed by atoms with E-state index in [1.165, 1.54) is 0 Å². The second kappa shape index (κ2) is 3.95. The molecule has 0 aliphatic rings. The highest BCUT2D eigenvalue weighted by Crippen LogP contribution is 2.18. The zero-order valence-electron chi connectivity index (χ0n) is 8.53. The first-order chi connectivity index (χ1) is 7.16. The predicted octanol–water partition coefficient (Wildman–Crippen LogP) is 2.37. The lowest BCUT2D eigenvalue weighted by Gasteiger charge is -2.06. The highest BCUT2D eigenvalue weighted by atomic mass is 32.1. The van der Waals surface area contributed by atoms with Gasteiger partial charge in [-0.15, -0.1) is 0 Å². The van der Waals surface area contributed by atoms with Crippen molar-refractivity contribution < 1.29 is 0 Å². The topological polar surface area (TPSA) is 38.9 Å². The molecule has 0 atom stereocenters. The Balaban J connectivity index is 2.65. The van der Waals surface area contributed by atoms with Crippen molar-refractivity contribution in [2.45, 2.75) is 13.3 Å². The van der Waals surface area contributed by atoms with Gasteiger partial charge in [-0.05, 0) is 24.6 Å². The van der Waals surface area contributed by atoms with Gasteiger partial charge in [-0.2, -0.15) is 0 Å². The first-order valence-electron chi connectivity index (χ1n) is 4.80. The van der Waals surface area contributed by atoms with Crippen LogP contribution in [0.15, 0.2) is 30.3 Å². The van der Waals surface area contributed by atoms with Crippen LogP contribution >= 0.6 is 12.2 Å². The van der Waals surface area contributed by atoms with Gasteiger partial charge in [0, 0.05) is 17.5 Å². The highest BCUT2D eigenvalue weighted by molar-refractivity contribution is 7.80. The molecule has 0 unspecified atom stereocenters. The molecule has 0 radical (unpaired) electrons. The second-order valence-electron chi connectivity index (χ2n) is 3.58. The van der Waals surface area contributed by atoms with E-state index >= 15 is 0 Å². The van der Waals surface area contributed by atoms with Crippen molar-refractivity contribution in [2.75, 3.05) is 0 Å². The van der Waals surface area contributed by atoms with Crippen LogP contribution in [-0.4, -0.2) is 9.97 Å². The lowest BCUT2D eigenvalue weighted by atomic mass is 10.1. The van der Waals surface area contributed by atoms with Crippen LogP contribution in [0, 0.1) is 6.92 Å². The summed E-state index contributed by atoms with van der Waals surface area (Å²) >= 11 is 4.94. The maximum Gasteiger partial charge on any atom is 0.0772 e. The van der Waals surface area contributed by atoms with Gasteiger partial charge in [0.2, 0.25) is 0 Å². The van der Waals surface area contributed by atoms with Gasteiger partial charge in [0.1, 0.15) is 0 Å². The third-order valence-corrected chi connectivity index (χ3v) is 2.44. The molecule has 0 fully saturated rings. The number of hydrogen-bond donors (Lipinski definition) is 1. The Kier molecular flexibility index (Phi) is 2.64. The standard InChI is InChI=1S/C12H12N2S/c1-8-6-9(7-12(13)15)10-4-2-3-5-11(10)14-8/h2-6H,7H2,1H3,(H2,13,15). The SMILES string of the molecule is Cc1cc(CC(N)=S)c2ccccc2n1. The molecule has 2 rings (SSSR count). The average molecular weight is 216 g/mol. The van der Waals surface area contributed by atoms with Crippen molar-refractivity contribution >= 4 is 28.1 Å². The first-order valence-corrected chi connectivity index (χ1v) is 5.21. The minimum atomic E-state index is 0.519. The molecular formula is C12H12N2S. The molecule has 2 nitrogen and oxygen atoms in total. The third kappa shape index (κ3) is 2.13.